The Hall–Kier alpha value is -15.1. The number of aromatic nitrogens is 16. The smallest absolute Gasteiger partial charge is 0.156 e. The number of para-hydroxylation sites is 1. The zero-order valence-electron chi connectivity index (χ0n) is 68.6. The van der Waals surface area contributed by atoms with Crippen LogP contribution >= 0.6 is 0 Å². The van der Waals surface area contributed by atoms with E-state index in [1.54, 1.807) is 100 Å². The summed E-state index contributed by atoms with van der Waals surface area (Å²) in [6.07, 6.45) is 21.8. The fourth-order valence-corrected chi connectivity index (χ4v) is 13.5. The SMILES string of the molecule is COc1cc(OC)cc(N(CC#Cc2cccc(N(C)C)n2)c2ccc3ncc(-c4cnn(C)c4)nc3c2)c1.COc1cc(OC)cc(N(CC#Cc2cnc3[nH]ccc3n2)c2ccc3ncc(-c4cnn(C)c4)nc3c2)c1.COc1cc(OC)cc(N(CCC(Cc2ccccc2N)C(C)C)c2ccc3ncc(-c4cnn(C)c4)nc3c2)c1. The standard InChI is InChI=1S/C33H38N6O2.C30H29N7O2.C29H24N8O2/c1-22(2)23(14-24-8-6-7-9-30(24)34)12-13-39(27-15-28(40-4)18-29(16-27)41-5)26-10-11-31-32(17-26)37-33(20-35-31)25-19-36-38(3)21-25;1-35(2)30-10-6-8-22(33-30)9-7-13-37(24-14-25(38-4)17-26(15-24)39-5)23-11-12-27-28(16-23)34-29(19-31-27)21-18-32-36(3)20-21;1-36-18-19(15-33-36)28-17-31-25-7-6-21(13-27(25)35-28)37(22-11-23(38-2)14-24(12-22)39-3)10-4-5-20-16-32-29-26(34-20)8-9-30-29/h6-11,15-23H,12-14,34H2,1-5H3;6,8,10-12,14-20H,13H2,1-5H3;6-9,11-18H,10H2,1-3H3,(H,30,32). The van der Waals surface area contributed by atoms with Crippen LogP contribution in [0.5, 0.6) is 34.5 Å². The molecule has 1 atom stereocenters. The molecule has 9 heterocycles. The maximum absolute atomic E-state index is 6.32. The van der Waals surface area contributed by atoms with E-state index in [9.17, 15) is 0 Å². The lowest BCUT2D eigenvalue weighted by atomic mass is 9.86. The summed E-state index contributed by atoms with van der Waals surface area (Å²) in [5.41, 5.74) is 26.5. The van der Waals surface area contributed by atoms with E-state index in [1.165, 1.54) is 5.56 Å². The Kier molecular flexibility index (Phi) is 25.0. The highest BCUT2D eigenvalue weighted by molar-refractivity contribution is 5.86. The summed E-state index contributed by atoms with van der Waals surface area (Å²) in [6, 6.07) is 51.5. The number of aryl methyl sites for hydroxylation is 3. The van der Waals surface area contributed by atoms with Crippen LogP contribution in [0.3, 0.4) is 0 Å². The number of H-pyrrole nitrogens is 1. The number of methoxy groups -OCH3 is 6. The van der Waals surface area contributed by atoms with Crippen LogP contribution in [0.2, 0.25) is 0 Å². The van der Waals surface area contributed by atoms with Crippen LogP contribution in [-0.2, 0) is 27.6 Å². The molecule has 0 amide bonds. The van der Waals surface area contributed by atoms with Gasteiger partial charge in [0.25, 0.3) is 0 Å². The molecule has 119 heavy (non-hydrogen) atoms. The lowest BCUT2D eigenvalue weighted by molar-refractivity contribution is 0.361. The second-order valence-corrected chi connectivity index (χ2v) is 28.6. The second kappa shape index (κ2) is 37.0. The summed E-state index contributed by atoms with van der Waals surface area (Å²) in [4.78, 5) is 53.6. The summed E-state index contributed by atoms with van der Waals surface area (Å²) in [5, 5.41) is 12.8. The van der Waals surface area contributed by atoms with E-state index in [0.717, 1.165) is 155 Å². The highest BCUT2D eigenvalue weighted by Crippen LogP contribution is 2.39. The van der Waals surface area contributed by atoms with Crippen LogP contribution in [0.25, 0.3) is 78.0 Å². The van der Waals surface area contributed by atoms with Gasteiger partial charge in [-0.05, 0) is 121 Å². The fraction of sp³-hybridized carbons (Fsp3) is 0.217. The van der Waals surface area contributed by atoms with Gasteiger partial charge in [0.05, 0.1) is 149 Å². The predicted molar refractivity (Wildman–Crippen MR) is 469 cm³/mol. The normalized spacial score (nSPS) is 11.2. The van der Waals surface area contributed by atoms with Crippen molar-refractivity contribution in [1.29, 1.82) is 0 Å². The van der Waals surface area contributed by atoms with Gasteiger partial charge in [0.1, 0.15) is 57.2 Å². The van der Waals surface area contributed by atoms with E-state index in [2.05, 4.69) is 127 Å². The summed E-state index contributed by atoms with van der Waals surface area (Å²) < 4.78 is 38.7. The molecule has 0 saturated heterocycles. The third-order valence-corrected chi connectivity index (χ3v) is 20.0. The number of nitrogens with zero attached hydrogens (tertiary/aromatic N) is 19. The molecule has 600 valence electrons. The minimum Gasteiger partial charge on any atom is -0.497 e. The molecule has 7 aromatic carbocycles. The van der Waals surface area contributed by atoms with Gasteiger partial charge in [0.2, 0.25) is 0 Å². The van der Waals surface area contributed by atoms with Crippen LogP contribution in [0.1, 0.15) is 37.2 Å². The van der Waals surface area contributed by atoms with Crippen molar-refractivity contribution in [1.82, 2.24) is 79.2 Å². The minimum atomic E-state index is 0.365. The summed E-state index contributed by atoms with van der Waals surface area (Å²) in [6.45, 7) is 6.12. The average molecular weight is 1590 g/mol. The molecule has 0 aliphatic rings. The molecule has 16 aromatic rings. The molecule has 0 radical (unpaired) electrons. The molecule has 9 aromatic heterocycles. The van der Waals surface area contributed by atoms with Gasteiger partial charge >= 0.3 is 0 Å². The quantitative estimate of drug-likeness (QED) is 0.0420. The van der Waals surface area contributed by atoms with Gasteiger partial charge in [-0.2, -0.15) is 15.3 Å². The molecule has 16 rings (SSSR count). The predicted octanol–water partition coefficient (Wildman–Crippen LogP) is 15.9. The van der Waals surface area contributed by atoms with Gasteiger partial charge in [-0.15, -0.1) is 0 Å². The van der Waals surface area contributed by atoms with E-state index in [-0.39, 0.29) is 0 Å². The van der Waals surface area contributed by atoms with E-state index in [0.29, 0.717) is 59.3 Å². The van der Waals surface area contributed by atoms with Gasteiger partial charge in [-0.3, -0.25) is 29.0 Å². The number of fused-ring (bicyclic) bond motifs is 4. The van der Waals surface area contributed by atoms with Gasteiger partial charge in [0.15, 0.2) is 5.65 Å². The first kappa shape index (κ1) is 80.5. The van der Waals surface area contributed by atoms with E-state index in [1.807, 2.05) is 198 Å². The van der Waals surface area contributed by atoms with Gasteiger partial charge in [0, 0.05) is 178 Å². The van der Waals surface area contributed by atoms with E-state index in [4.69, 9.17) is 49.1 Å². The number of hydrogen-bond acceptors (Lipinski definition) is 23. The maximum atomic E-state index is 6.32. The molecule has 0 bridgehead atoms. The van der Waals surface area contributed by atoms with Gasteiger partial charge in [-0.1, -0.05) is 50.0 Å². The first-order valence-corrected chi connectivity index (χ1v) is 38.4. The summed E-state index contributed by atoms with van der Waals surface area (Å²) in [5.74, 6) is 18.9. The number of nitrogen functional groups attached to an aromatic ring is 1. The Labute approximate surface area is 690 Å². The van der Waals surface area contributed by atoms with Crippen LogP contribution in [0.15, 0.2) is 226 Å². The van der Waals surface area contributed by atoms with Crippen molar-refractivity contribution in [2.75, 3.05) is 102 Å². The number of nitrogens with two attached hydrogens (primary N) is 1. The highest BCUT2D eigenvalue weighted by Gasteiger charge is 2.23. The van der Waals surface area contributed by atoms with Crippen LogP contribution in [-0.4, -0.2) is 156 Å². The second-order valence-electron chi connectivity index (χ2n) is 28.6. The number of rotatable bonds is 24. The number of nitrogens with one attached hydrogen (secondary N) is 1. The Bertz CT molecular complexity index is 6320. The van der Waals surface area contributed by atoms with E-state index < -0.39 is 0 Å². The molecule has 1 unspecified atom stereocenters. The van der Waals surface area contributed by atoms with Crippen molar-refractivity contribution in [2.24, 2.45) is 33.0 Å². The highest BCUT2D eigenvalue weighted by atomic mass is 16.5. The molecule has 27 nitrogen and oxygen atoms in total. The molecular formula is C92H91N21O6. The van der Waals surface area contributed by atoms with E-state index >= 15 is 0 Å². The molecule has 27 heteroatoms. The van der Waals surface area contributed by atoms with Crippen LogP contribution < -0.4 is 53.8 Å². The number of ether oxygens (including phenoxy) is 6. The summed E-state index contributed by atoms with van der Waals surface area (Å²) in [7, 11) is 19.4. The lowest BCUT2D eigenvalue weighted by Gasteiger charge is -2.30. The third kappa shape index (κ3) is 19.6. The van der Waals surface area contributed by atoms with Gasteiger partial charge < -0.3 is 58.7 Å². The molecular weight excluding hydrogens is 1500 g/mol. The molecule has 0 aliphatic heterocycles. The largest absolute Gasteiger partial charge is 0.497 e. The maximum Gasteiger partial charge on any atom is 0.156 e. The molecule has 0 fully saturated rings. The molecule has 0 aliphatic carbocycles. The number of pyridine rings is 1. The molecule has 0 spiro atoms. The number of anilines is 8. The molecule has 0 saturated carbocycles. The zero-order chi connectivity index (χ0) is 83.1. The zero-order valence-corrected chi connectivity index (χ0v) is 68.6. The number of aromatic amines is 1. The Morgan fingerprint density at radius 3 is 1.25 bits per heavy atom. The third-order valence-electron chi connectivity index (χ3n) is 20.0. The summed E-state index contributed by atoms with van der Waals surface area (Å²) >= 11 is 0. The minimum absolute atomic E-state index is 0.365. The van der Waals surface area contributed by atoms with Gasteiger partial charge in [-0.25, -0.2) is 29.9 Å². The van der Waals surface area contributed by atoms with Crippen molar-refractivity contribution in [3.63, 3.8) is 0 Å². The monoisotopic (exact) mass is 1590 g/mol. The Balaban J connectivity index is 0.000000146. The average Bonchev–Trinajstić information content (AvgIpc) is 1.36. The first-order valence-electron chi connectivity index (χ1n) is 38.4. The Morgan fingerprint density at radius 1 is 0.412 bits per heavy atom. The number of benzene rings is 7. The van der Waals surface area contributed by atoms with Crippen molar-refractivity contribution in [3.05, 3.63) is 243 Å². The van der Waals surface area contributed by atoms with Crippen molar-refractivity contribution in [2.45, 2.75) is 26.7 Å². The first-order chi connectivity index (χ1) is 57.9. The van der Waals surface area contributed by atoms with Crippen molar-refractivity contribution < 1.29 is 28.4 Å². The lowest BCUT2D eigenvalue weighted by Crippen LogP contribution is -2.24. The molecule has 3 N–H and O–H groups in total. The Morgan fingerprint density at radius 2 is 0.840 bits per heavy atom. The topological polar surface area (TPSA) is 280 Å². The van der Waals surface area contributed by atoms with Crippen molar-refractivity contribution in [3.8, 4) is 92.0 Å². The number of hydrogen-bond donors (Lipinski definition) is 2. The fourth-order valence-electron chi connectivity index (χ4n) is 13.5. The van der Waals surface area contributed by atoms with Crippen molar-refractivity contribution >= 4 is 89.9 Å². The van der Waals surface area contributed by atoms with Crippen LogP contribution in [0.4, 0.5) is 45.6 Å². The van der Waals surface area contributed by atoms with Crippen LogP contribution in [0, 0.1) is 35.5 Å².